The Morgan fingerprint density at radius 1 is 1.24 bits per heavy atom. The first kappa shape index (κ1) is 16.9. The monoisotopic (exact) mass is 344 g/mol. The second-order valence-electron chi connectivity index (χ2n) is 8.18. The van der Waals surface area contributed by atoms with Crippen LogP contribution in [0.1, 0.15) is 24.8 Å². The molecule has 1 aliphatic carbocycles. The van der Waals surface area contributed by atoms with E-state index in [9.17, 15) is 9.90 Å². The predicted octanol–water partition coefficient (Wildman–Crippen LogP) is 1.68. The van der Waals surface area contributed by atoms with Crippen LogP contribution in [-0.2, 0) is 4.79 Å². The molecule has 1 atom stereocenters. The molecule has 25 heavy (non-hydrogen) atoms. The smallest absolute Gasteiger partial charge is 0.260 e. The molecule has 2 aliphatic heterocycles. The summed E-state index contributed by atoms with van der Waals surface area (Å²) < 4.78 is 5.63. The lowest BCUT2D eigenvalue weighted by Crippen LogP contribution is -2.69. The minimum Gasteiger partial charge on any atom is -0.484 e. The van der Waals surface area contributed by atoms with Crippen molar-refractivity contribution in [2.24, 2.45) is 11.8 Å². The number of likely N-dealkylation sites (tertiary alicyclic amines) is 2. The van der Waals surface area contributed by atoms with E-state index in [1.165, 1.54) is 18.4 Å². The molecule has 1 saturated carbocycles. The van der Waals surface area contributed by atoms with Crippen molar-refractivity contribution in [3.8, 4) is 5.75 Å². The summed E-state index contributed by atoms with van der Waals surface area (Å²) in [7, 11) is 0. The molecule has 1 aromatic carbocycles. The van der Waals surface area contributed by atoms with E-state index in [-0.39, 0.29) is 24.7 Å². The highest BCUT2D eigenvalue weighted by Crippen LogP contribution is 2.43. The number of aliphatic hydroxyl groups excluding tert-OH is 1. The van der Waals surface area contributed by atoms with Gasteiger partial charge in [-0.15, -0.1) is 0 Å². The summed E-state index contributed by atoms with van der Waals surface area (Å²) in [6.45, 7) is 6.08. The van der Waals surface area contributed by atoms with E-state index in [4.69, 9.17) is 4.74 Å². The Labute approximate surface area is 149 Å². The zero-order valence-corrected chi connectivity index (χ0v) is 15.0. The van der Waals surface area contributed by atoms with E-state index in [0.717, 1.165) is 44.3 Å². The topological polar surface area (TPSA) is 53.0 Å². The summed E-state index contributed by atoms with van der Waals surface area (Å²) in [6, 6.07) is 7.78. The maximum absolute atomic E-state index is 12.4. The van der Waals surface area contributed by atoms with Crippen LogP contribution in [0.5, 0.6) is 5.75 Å². The van der Waals surface area contributed by atoms with Crippen molar-refractivity contribution in [3.63, 3.8) is 0 Å². The number of ether oxygens (including phenoxy) is 1. The van der Waals surface area contributed by atoms with Gasteiger partial charge in [0.1, 0.15) is 5.75 Å². The van der Waals surface area contributed by atoms with E-state index < -0.39 is 0 Å². The molecule has 1 aromatic rings. The van der Waals surface area contributed by atoms with E-state index in [1.54, 1.807) is 0 Å². The Kier molecular flexibility index (Phi) is 4.46. The fourth-order valence-corrected chi connectivity index (χ4v) is 4.28. The van der Waals surface area contributed by atoms with Crippen LogP contribution in [0.3, 0.4) is 0 Å². The molecular weight excluding hydrogens is 316 g/mol. The summed E-state index contributed by atoms with van der Waals surface area (Å²) in [5, 5.41) is 9.56. The SMILES string of the molecule is Cc1ccc(OCC(=O)N2CC3(C[C@@H](CO)CN3CC3CC3)C2)cc1. The first-order valence-corrected chi connectivity index (χ1v) is 9.41. The van der Waals surface area contributed by atoms with Gasteiger partial charge in [-0.05, 0) is 50.2 Å². The van der Waals surface area contributed by atoms with E-state index >= 15 is 0 Å². The minimum absolute atomic E-state index is 0.0602. The third kappa shape index (κ3) is 3.53. The lowest BCUT2D eigenvalue weighted by atomic mass is 9.84. The molecule has 4 rings (SSSR count). The number of rotatable bonds is 6. The Morgan fingerprint density at radius 3 is 2.60 bits per heavy atom. The first-order valence-electron chi connectivity index (χ1n) is 9.41. The molecule has 3 aliphatic rings. The van der Waals surface area contributed by atoms with Gasteiger partial charge in [-0.25, -0.2) is 0 Å². The highest BCUT2D eigenvalue weighted by Gasteiger charge is 2.54. The van der Waals surface area contributed by atoms with Crippen molar-refractivity contribution in [2.75, 3.05) is 39.4 Å². The van der Waals surface area contributed by atoms with Crippen LogP contribution in [0.2, 0.25) is 0 Å². The van der Waals surface area contributed by atoms with Crippen molar-refractivity contribution >= 4 is 5.91 Å². The molecule has 1 spiro atoms. The highest BCUT2D eigenvalue weighted by atomic mass is 16.5. The zero-order chi connectivity index (χ0) is 17.4. The Hall–Kier alpha value is -1.59. The van der Waals surface area contributed by atoms with Crippen molar-refractivity contribution in [1.82, 2.24) is 9.80 Å². The third-order valence-electron chi connectivity index (χ3n) is 5.96. The van der Waals surface area contributed by atoms with Crippen LogP contribution in [0.4, 0.5) is 0 Å². The number of carbonyl (C=O) groups is 1. The molecular formula is C20H28N2O3. The van der Waals surface area contributed by atoms with Gasteiger partial charge in [0.15, 0.2) is 6.61 Å². The lowest BCUT2D eigenvalue weighted by molar-refractivity contribution is -0.146. The summed E-state index contributed by atoms with van der Waals surface area (Å²) in [5.74, 6) is 2.00. The van der Waals surface area contributed by atoms with Crippen LogP contribution >= 0.6 is 0 Å². The van der Waals surface area contributed by atoms with Crippen molar-refractivity contribution < 1.29 is 14.6 Å². The fraction of sp³-hybridized carbons (Fsp3) is 0.650. The standard InChI is InChI=1S/C20H28N2O3/c1-15-2-6-18(7-3-15)25-12-19(24)21-13-20(14-21)8-17(11-23)10-22(20)9-16-4-5-16/h2-3,6-7,16-17,23H,4-5,8-14H2,1H3/t17-/m1/s1. The number of amides is 1. The van der Waals surface area contributed by atoms with Gasteiger partial charge in [0.25, 0.3) is 5.91 Å². The summed E-state index contributed by atoms with van der Waals surface area (Å²) in [6.07, 6.45) is 3.69. The fourth-order valence-electron chi connectivity index (χ4n) is 4.28. The maximum atomic E-state index is 12.4. The van der Waals surface area contributed by atoms with E-state index in [0.29, 0.717) is 5.92 Å². The van der Waals surface area contributed by atoms with Crippen LogP contribution < -0.4 is 4.74 Å². The van der Waals surface area contributed by atoms with Crippen molar-refractivity contribution in [3.05, 3.63) is 29.8 Å². The number of hydrogen-bond donors (Lipinski definition) is 1. The van der Waals surface area contributed by atoms with Crippen LogP contribution in [0.25, 0.3) is 0 Å². The van der Waals surface area contributed by atoms with Gasteiger partial charge in [-0.1, -0.05) is 17.7 Å². The normalized spacial score (nSPS) is 25.2. The summed E-state index contributed by atoms with van der Waals surface area (Å²) in [4.78, 5) is 16.9. The van der Waals surface area contributed by atoms with Crippen LogP contribution in [0.15, 0.2) is 24.3 Å². The number of aryl methyl sites for hydroxylation is 1. The van der Waals surface area contributed by atoms with Gasteiger partial charge in [0.2, 0.25) is 0 Å². The lowest BCUT2D eigenvalue weighted by Gasteiger charge is -2.53. The average Bonchev–Trinajstić information content (AvgIpc) is 3.31. The van der Waals surface area contributed by atoms with Gasteiger partial charge in [-0.3, -0.25) is 9.69 Å². The van der Waals surface area contributed by atoms with Crippen molar-refractivity contribution in [2.45, 2.75) is 31.7 Å². The minimum atomic E-state index is 0.0602. The van der Waals surface area contributed by atoms with Crippen LogP contribution in [-0.4, -0.2) is 65.7 Å². The molecule has 1 N–H and O–H groups in total. The van der Waals surface area contributed by atoms with Gasteiger partial charge in [0.05, 0.1) is 5.54 Å². The van der Waals surface area contributed by atoms with E-state index in [2.05, 4.69) is 4.90 Å². The molecule has 5 heteroatoms. The molecule has 5 nitrogen and oxygen atoms in total. The third-order valence-corrected chi connectivity index (χ3v) is 5.96. The van der Waals surface area contributed by atoms with Crippen molar-refractivity contribution in [1.29, 1.82) is 0 Å². The number of carbonyl (C=O) groups excluding carboxylic acids is 1. The zero-order valence-electron chi connectivity index (χ0n) is 15.0. The molecule has 0 bridgehead atoms. The Morgan fingerprint density at radius 2 is 1.96 bits per heavy atom. The number of aliphatic hydroxyl groups is 1. The summed E-state index contributed by atoms with van der Waals surface area (Å²) >= 11 is 0. The molecule has 0 aromatic heterocycles. The molecule has 136 valence electrons. The Bertz CT molecular complexity index is 620. The van der Waals surface area contributed by atoms with Crippen LogP contribution in [0, 0.1) is 18.8 Å². The number of benzene rings is 1. The molecule has 3 fully saturated rings. The quantitative estimate of drug-likeness (QED) is 0.853. The number of hydrogen-bond acceptors (Lipinski definition) is 4. The second kappa shape index (κ2) is 6.61. The molecule has 2 saturated heterocycles. The van der Waals surface area contributed by atoms with Gasteiger partial charge in [0, 0.05) is 32.8 Å². The van der Waals surface area contributed by atoms with Gasteiger partial charge >= 0.3 is 0 Å². The van der Waals surface area contributed by atoms with Gasteiger partial charge in [-0.2, -0.15) is 0 Å². The molecule has 1 amide bonds. The molecule has 2 heterocycles. The van der Waals surface area contributed by atoms with Gasteiger partial charge < -0.3 is 14.7 Å². The Balaban J connectivity index is 1.30. The number of nitrogens with zero attached hydrogens (tertiary/aromatic N) is 2. The maximum Gasteiger partial charge on any atom is 0.260 e. The second-order valence-corrected chi connectivity index (χ2v) is 8.18. The highest BCUT2D eigenvalue weighted by molar-refractivity contribution is 5.79. The van der Waals surface area contributed by atoms with E-state index in [1.807, 2.05) is 36.1 Å². The molecule has 0 unspecified atom stereocenters. The summed E-state index contributed by atoms with van der Waals surface area (Å²) in [5.41, 5.74) is 1.29. The largest absolute Gasteiger partial charge is 0.484 e. The predicted molar refractivity (Wildman–Crippen MR) is 95.5 cm³/mol. The average molecular weight is 344 g/mol. The first-order chi connectivity index (χ1) is 12.1. The molecule has 0 radical (unpaired) electrons.